The van der Waals surface area contributed by atoms with Crippen LogP contribution in [0.2, 0.25) is 0 Å². The smallest absolute Gasteiger partial charge is 0.254 e. The van der Waals surface area contributed by atoms with E-state index in [2.05, 4.69) is 15.1 Å². The molecule has 2 aromatic rings. The van der Waals surface area contributed by atoms with Gasteiger partial charge in [0.1, 0.15) is 5.82 Å². The fourth-order valence-electron chi connectivity index (χ4n) is 1.58. The molecule has 0 amide bonds. The molecule has 2 aromatic heterocycles. The van der Waals surface area contributed by atoms with Crippen LogP contribution < -0.4 is 5.56 Å². The summed E-state index contributed by atoms with van der Waals surface area (Å²) in [7, 11) is 0. The third-order valence-electron chi connectivity index (χ3n) is 2.50. The van der Waals surface area contributed by atoms with E-state index in [9.17, 15) is 4.79 Å². The Kier molecular flexibility index (Phi) is 2.60. The molecule has 0 saturated heterocycles. The van der Waals surface area contributed by atoms with Crippen LogP contribution in [0.25, 0.3) is 11.3 Å². The van der Waals surface area contributed by atoms with Gasteiger partial charge >= 0.3 is 0 Å². The van der Waals surface area contributed by atoms with Gasteiger partial charge in [0.2, 0.25) is 0 Å². The lowest BCUT2D eigenvalue weighted by Gasteiger charge is -2.02. The summed E-state index contributed by atoms with van der Waals surface area (Å²) in [6, 6.07) is 0. The first kappa shape index (κ1) is 10.6. The molecule has 1 N–H and O–H groups in total. The zero-order valence-corrected chi connectivity index (χ0v) is 9.61. The van der Waals surface area contributed by atoms with Crippen LogP contribution in [0.15, 0.2) is 17.2 Å². The summed E-state index contributed by atoms with van der Waals surface area (Å²) in [6.45, 7) is 6.36. The number of aromatic amines is 1. The van der Waals surface area contributed by atoms with Gasteiger partial charge in [0.05, 0.1) is 11.9 Å². The van der Waals surface area contributed by atoms with E-state index in [1.807, 2.05) is 17.8 Å². The molecule has 5 nitrogen and oxygen atoms in total. The maximum atomic E-state index is 11.6. The first-order valence-electron chi connectivity index (χ1n) is 5.22. The Balaban J connectivity index is 2.59. The molecule has 0 bridgehead atoms. The van der Waals surface area contributed by atoms with Crippen molar-refractivity contribution in [1.29, 1.82) is 0 Å². The molecule has 0 fully saturated rings. The normalized spacial score (nSPS) is 10.7. The highest BCUT2D eigenvalue weighted by atomic mass is 16.1. The van der Waals surface area contributed by atoms with Gasteiger partial charge in [0.15, 0.2) is 0 Å². The number of H-pyrrole nitrogens is 1. The summed E-state index contributed by atoms with van der Waals surface area (Å²) < 4.78 is 1.81. The highest BCUT2D eigenvalue weighted by Gasteiger charge is 2.09. The number of aryl methyl sites for hydroxylation is 2. The van der Waals surface area contributed by atoms with Crippen molar-refractivity contribution in [2.75, 3.05) is 0 Å². The lowest BCUT2D eigenvalue weighted by molar-refractivity contribution is 0.660. The first-order chi connectivity index (χ1) is 7.61. The summed E-state index contributed by atoms with van der Waals surface area (Å²) in [5, 5.41) is 4.18. The summed E-state index contributed by atoms with van der Waals surface area (Å²) in [5.74, 6) is 0.620. The molecule has 0 aliphatic carbocycles. The SMILES string of the molecule is CCn1cc(-c2nc(C)[nH]c(=O)c2C)cn1. The van der Waals surface area contributed by atoms with E-state index >= 15 is 0 Å². The molecule has 2 heterocycles. The van der Waals surface area contributed by atoms with Gasteiger partial charge in [-0.25, -0.2) is 4.98 Å². The second kappa shape index (κ2) is 3.92. The van der Waals surface area contributed by atoms with Gasteiger partial charge in [-0.05, 0) is 20.8 Å². The van der Waals surface area contributed by atoms with Crippen molar-refractivity contribution in [1.82, 2.24) is 19.7 Å². The highest BCUT2D eigenvalue weighted by Crippen LogP contribution is 2.17. The lowest BCUT2D eigenvalue weighted by atomic mass is 10.1. The topological polar surface area (TPSA) is 63.6 Å². The van der Waals surface area contributed by atoms with E-state index in [1.54, 1.807) is 20.0 Å². The minimum atomic E-state index is -0.0910. The molecule has 0 unspecified atom stereocenters. The van der Waals surface area contributed by atoms with Crippen molar-refractivity contribution < 1.29 is 0 Å². The zero-order chi connectivity index (χ0) is 11.7. The summed E-state index contributed by atoms with van der Waals surface area (Å²) in [5.41, 5.74) is 2.13. The van der Waals surface area contributed by atoms with Crippen LogP contribution in [0.4, 0.5) is 0 Å². The third-order valence-corrected chi connectivity index (χ3v) is 2.50. The predicted molar refractivity (Wildman–Crippen MR) is 61.2 cm³/mol. The van der Waals surface area contributed by atoms with E-state index in [4.69, 9.17) is 0 Å². The number of hydrogen-bond donors (Lipinski definition) is 1. The number of rotatable bonds is 2. The molecular formula is C11H14N4O. The largest absolute Gasteiger partial charge is 0.311 e. The molecular weight excluding hydrogens is 204 g/mol. The van der Waals surface area contributed by atoms with Crippen molar-refractivity contribution in [3.8, 4) is 11.3 Å². The van der Waals surface area contributed by atoms with Crippen LogP contribution in [0.3, 0.4) is 0 Å². The van der Waals surface area contributed by atoms with Crippen LogP contribution in [0.1, 0.15) is 18.3 Å². The van der Waals surface area contributed by atoms with Crippen LogP contribution in [0, 0.1) is 13.8 Å². The van der Waals surface area contributed by atoms with Gasteiger partial charge in [0.25, 0.3) is 5.56 Å². The Bertz CT molecular complexity index is 568. The van der Waals surface area contributed by atoms with Crippen molar-refractivity contribution in [2.24, 2.45) is 0 Å². The first-order valence-corrected chi connectivity index (χ1v) is 5.22. The number of hydrogen-bond acceptors (Lipinski definition) is 3. The number of nitrogens with zero attached hydrogens (tertiary/aromatic N) is 3. The predicted octanol–water partition coefficient (Wildman–Crippen LogP) is 1.27. The minimum Gasteiger partial charge on any atom is -0.311 e. The molecule has 84 valence electrons. The van der Waals surface area contributed by atoms with Gasteiger partial charge in [-0.2, -0.15) is 5.10 Å². The summed E-state index contributed by atoms with van der Waals surface area (Å²) >= 11 is 0. The van der Waals surface area contributed by atoms with Crippen molar-refractivity contribution >= 4 is 0 Å². The third kappa shape index (κ3) is 1.76. The Morgan fingerprint density at radius 3 is 2.81 bits per heavy atom. The monoisotopic (exact) mass is 218 g/mol. The molecule has 0 atom stereocenters. The van der Waals surface area contributed by atoms with Gasteiger partial charge in [0, 0.05) is 23.9 Å². The summed E-state index contributed by atoms with van der Waals surface area (Å²) in [6.07, 6.45) is 3.63. The maximum Gasteiger partial charge on any atom is 0.254 e. The second-order valence-electron chi connectivity index (χ2n) is 3.71. The molecule has 0 spiro atoms. The van der Waals surface area contributed by atoms with E-state index in [-0.39, 0.29) is 5.56 Å². The highest BCUT2D eigenvalue weighted by molar-refractivity contribution is 5.60. The fraction of sp³-hybridized carbons (Fsp3) is 0.364. The summed E-state index contributed by atoms with van der Waals surface area (Å²) in [4.78, 5) is 18.6. The van der Waals surface area contributed by atoms with Crippen LogP contribution >= 0.6 is 0 Å². The maximum absolute atomic E-state index is 11.6. The van der Waals surface area contributed by atoms with Crippen molar-refractivity contribution in [3.05, 3.63) is 34.1 Å². The lowest BCUT2D eigenvalue weighted by Crippen LogP contribution is -2.14. The standard InChI is InChI=1S/C11H14N4O/c1-4-15-6-9(5-12-15)10-7(2)11(16)14-8(3)13-10/h5-6H,4H2,1-3H3,(H,13,14,16). The van der Waals surface area contributed by atoms with Gasteiger partial charge in [-0.1, -0.05) is 0 Å². The van der Waals surface area contributed by atoms with Crippen LogP contribution in [0.5, 0.6) is 0 Å². The van der Waals surface area contributed by atoms with Gasteiger partial charge < -0.3 is 4.98 Å². The molecule has 5 heteroatoms. The molecule has 16 heavy (non-hydrogen) atoms. The quantitative estimate of drug-likeness (QED) is 0.825. The second-order valence-corrected chi connectivity index (χ2v) is 3.71. The molecule has 0 saturated carbocycles. The number of aromatic nitrogens is 4. The molecule has 2 rings (SSSR count). The average Bonchev–Trinajstić information content (AvgIpc) is 2.71. The van der Waals surface area contributed by atoms with E-state index < -0.39 is 0 Å². The Labute approximate surface area is 93.2 Å². The molecule has 0 aliphatic rings. The van der Waals surface area contributed by atoms with Gasteiger partial charge in [-0.15, -0.1) is 0 Å². The van der Waals surface area contributed by atoms with Crippen LogP contribution in [-0.2, 0) is 6.54 Å². The van der Waals surface area contributed by atoms with E-state index in [0.29, 0.717) is 17.1 Å². The van der Waals surface area contributed by atoms with Crippen LogP contribution in [-0.4, -0.2) is 19.7 Å². The minimum absolute atomic E-state index is 0.0910. The fourth-order valence-corrected chi connectivity index (χ4v) is 1.58. The average molecular weight is 218 g/mol. The Hall–Kier alpha value is -1.91. The van der Waals surface area contributed by atoms with E-state index in [1.165, 1.54) is 0 Å². The Morgan fingerprint density at radius 2 is 2.19 bits per heavy atom. The van der Waals surface area contributed by atoms with E-state index in [0.717, 1.165) is 12.1 Å². The molecule has 0 aromatic carbocycles. The van der Waals surface area contributed by atoms with Gasteiger partial charge in [-0.3, -0.25) is 9.48 Å². The molecule has 0 radical (unpaired) electrons. The van der Waals surface area contributed by atoms with Crippen molar-refractivity contribution in [3.63, 3.8) is 0 Å². The molecule has 0 aliphatic heterocycles. The number of nitrogens with one attached hydrogen (secondary N) is 1. The van der Waals surface area contributed by atoms with Crippen molar-refractivity contribution in [2.45, 2.75) is 27.3 Å². The zero-order valence-electron chi connectivity index (χ0n) is 9.61. The Morgan fingerprint density at radius 1 is 1.44 bits per heavy atom.